The second-order valence-electron chi connectivity index (χ2n) is 9.79. The van der Waals surface area contributed by atoms with Crippen LogP contribution in [0.25, 0.3) is 0 Å². The molecule has 0 radical (unpaired) electrons. The molecule has 3 aromatic carbocycles. The van der Waals surface area contributed by atoms with Crippen LogP contribution in [0.1, 0.15) is 39.9 Å². The number of esters is 1. The van der Waals surface area contributed by atoms with Crippen molar-refractivity contribution in [2.24, 2.45) is 0 Å². The highest BCUT2D eigenvalue weighted by Gasteiger charge is 2.50. The van der Waals surface area contributed by atoms with Crippen molar-refractivity contribution in [2.45, 2.75) is 30.9 Å². The lowest BCUT2D eigenvalue weighted by molar-refractivity contribution is -0.152. The summed E-state index contributed by atoms with van der Waals surface area (Å²) in [6.45, 7) is 2.06. The molecule has 3 aromatic rings. The number of hydrogen-bond acceptors (Lipinski definition) is 5. The highest BCUT2D eigenvalue weighted by atomic mass is 79.9. The first kappa shape index (κ1) is 27.1. The summed E-state index contributed by atoms with van der Waals surface area (Å²) in [6, 6.07) is 16.8. The third kappa shape index (κ3) is 5.25. The molecule has 7 nitrogen and oxygen atoms in total. The van der Waals surface area contributed by atoms with Gasteiger partial charge in [0.15, 0.2) is 17.7 Å². The van der Waals surface area contributed by atoms with Crippen LogP contribution in [0.2, 0.25) is 5.02 Å². The number of carbonyl (C=O) groups is 3. The van der Waals surface area contributed by atoms with Crippen LogP contribution in [-0.2, 0) is 26.3 Å². The van der Waals surface area contributed by atoms with Crippen molar-refractivity contribution in [1.29, 1.82) is 0 Å². The zero-order valence-corrected chi connectivity index (χ0v) is 23.5. The number of cyclic esters (lactones) is 1. The lowest BCUT2D eigenvalue weighted by Crippen LogP contribution is -2.70. The topological polar surface area (TPSA) is 84.9 Å². The Morgan fingerprint density at radius 1 is 1.15 bits per heavy atom. The molecule has 0 bridgehead atoms. The summed E-state index contributed by atoms with van der Waals surface area (Å²) in [5.41, 5.74) is 1.50. The number of hydrogen-bond donors (Lipinski definition) is 1. The van der Waals surface area contributed by atoms with Gasteiger partial charge in [-0.2, -0.15) is 0 Å². The van der Waals surface area contributed by atoms with Gasteiger partial charge in [-0.25, -0.2) is 9.18 Å². The molecule has 2 amide bonds. The maximum atomic E-state index is 14.3. The van der Waals surface area contributed by atoms with E-state index in [0.29, 0.717) is 21.7 Å². The minimum absolute atomic E-state index is 0.0972. The van der Waals surface area contributed by atoms with E-state index in [4.69, 9.17) is 21.1 Å². The summed E-state index contributed by atoms with van der Waals surface area (Å²) in [5, 5.41) is 3.52. The van der Waals surface area contributed by atoms with Gasteiger partial charge in [0.1, 0.15) is 5.54 Å². The number of methoxy groups -OCH3 is 1. The molecule has 1 saturated heterocycles. The Morgan fingerprint density at radius 3 is 2.54 bits per heavy atom. The fourth-order valence-corrected chi connectivity index (χ4v) is 5.44. The van der Waals surface area contributed by atoms with Crippen LogP contribution in [0.4, 0.5) is 4.39 Å². The molecule has 10 heteroatoms. The lowest BCUT2D eigenvalue weighted by atomic mass is 9.80. The molecule has 0 spiro atoms. The number of ether oxygens (including phenoxy) is 2. The molecule has 0 saturated carbocycles. The van der Waals surface area contributed by atoms with Crippen LogP contribution in [0.3, 0.4) is 0 Å². The molecular formula is C29H25BrClFN2O5. The number of amides is 2. The van der Waals surface area contributed by atoms with E-state index in [1.54, 1.807) is 30.0 Å². The maximum Gasteiger partial charge on any atom is 0.339 e. The minimum atomic E-state index is -0.967. The van der Waals surface area contributed by atoms with Crippen LogP contribution in [-0.4, -0.2) is 49.0 Å². The predicted molar refractivity (Wildman–Crippen MR) is 146 cm³/mol. The van der Waals surface area contributed by atoms with E-state index in [9.17, 15) is 18.8 Å². The smallest absolute Gasteiger partial charge is 0.339 e. The molecule has 2 aliphatic heterocycles. The van der Waals surface area contributed by atoms with Crippen LogP contribution >= 0.6 is 27.5 Å². The number of nitrogens with zero attached hydrogens (tertiary/aromatic N) is 1. The molecule has 1 N–H and O–H groups in total. The Morgan fingerprint density at radius 2 is 1.87 bits per heavy atom. The van der Waals surface area contributed by atoms with Crippen molar-refractivity contribution in [3.63, 3.8) is 0 Å². The summed E-state index contributed by atoms with van der Waals surface area (Å²) in [4.78, 5) is 40.9. The summed E-state index contributed by atoms with van der Waals surface area (Å²) in [5.74, 6) is -2.36. The molecule has 1 fully saturated rings. The van der Waals surface area contributed by atoms with E-state index in [1.807, 2.05) is 24.3 Å². The SMILES string of the molecule is COc1ccc(C(C)C(=O)NC2(c3ccc(Br)cc3)CN(C(=O)C3Cc4ccc(Cl)cc4C(=O)O3)C2)cc1F. The number of likely N-dealkylation sites (tertiary alicyclic amines) is 1. The first-order valence-electron chi connectivity index (χ1n) is 12.3. The van der Waals surface area contributed by atoms with Crippen molar-refractivity contribution < 1.29 is 28.2 Å². The largest absolute Gasteiger partial charge is 0.494 e. The Hall–Kier alpha value is -3.43. The molecule has 0 aliphatic carbocycles. The van der Waals surface area contributed by atoms with Gasteiger partial charge in [-0.1, -0.05) is 51.8 Å². The van der Waals surface area contributed by atoms with E-state index < -0.39 is 29.3 Å². The molecule has 0 aromatic heterocycles. The second kappa shape index (κ2) is 10.6. The van der Waals surface area contributed by atoms with Gasteiger partial charge in [-0.3, -0.25) is 9.59 Å². The number of carbonyl (C=O) groups excluding carboxylic acids is 3. The van der Waals surface area contributed by atoms with Gasteiger partial charge in [-0.15, -0.1) is 0 Å². The maximum absolute atomic E-state index is 14.3. The fourth-order valence-electron chi connectivity index (χ4n) is 5.00. The average Bonchev–Trinajstić information content (AvgIpc) is 2.90. The number of halogens is 3. The number of rotatable bonds is 6. The van der Waals surface area contributed by atoms with Gasteiger partial charge in [0.2, 0.25) is 5.91 Å². The van der Waals surface area contributed by atoms with Gasteiger partial charge < -0.3 is 19.7 Å². The number of benzene rings is 3. The third-order valence-electron chi connectivity index (χ3n) is 7.28. The van der Waals surface area contributed by atoms with E-state index >= 15 is 0 Å². The molecule has 2 aliphatic rings. The molecule has 2 heterocycles. The van der Waals surface area contributed by atoms with Crippen molar-refractivity contribution in [3.8, 4) is 5.75 Å². The highest BCUT2D eigenvalue weighted by molar-refractivity contribution is 9.10. The van der Waals surface area contributed by atoms with E-state index in [0.717, 1.165) is 10.0 Å². The molecule has 39 heavy (non-hydrogen) atoms. The van der Waals surface area contributed by atoms with Crippen LogP contribution < -0.4 is 10.1 Å². The second-order valence-corrected chi connectivity index (χ2v) is 11.1. The third-order valence-corrected chi connectivity index (χ3v) is 8.05. The van der Waals surface area contributed by atoms with Crippen molar-refractivity contribution >= 4 is 45.3 Å². The van der Waals surface area contributed by atoms with Gasteiger partial charge in [0.25, 0.3) is 5.91 Å². The highest BCUT2D eigenvalue weighted by Crippen LogP contribution is 2.36. The van der Waals surface area contributed by atoms with Gasteiger partial charge >= 0.3 is 5.97 Å². The van der Waals surface area contributed by atoms with Gasteiger partial charge in [0.05, 0.1) is 18.6 Å². The van der Waals surface area contributed by atoms with Crippen LogP contribution in [0.15, 0.2) is 65.1 Å². The van der Waals surface area contributed by atoms with Crippen molar-refractivity contribution in [2.75, 3.05) is 20.2 Å². The standard InChI is InChI=1S/C29H25BrClFN2O5/c1-16(17-4-10-24(38-2)23(32)11-17)26(35)33-29(19-5-7-20(30)8-6-19)14-34(15-29)27(36)25-12-18-3-9-21(31)13-22(18)28(37)39-25/h3-11,13,16,25H,12,14-15H2,1-2H3,(H,33,35). The number of nitrogens with one attached hydrogen (secondary N) is 1. The summed E-state index contributed by atoms with van der Waals surface area (Å²) in [6.07, 6.45) is -0.725. The Balaban J connectivity index is 1.34. The molecular weight excluding hydrogens is 591 g/mol. The van der Waals surface area contributed by atoms with Gasteiger partial charge in [-0.05, 0) is 60.0 Å². The van der Waals surface area contributed by atoms with Crippen molar-refractivity contribution in [3.05, 3.63) is 98.2 Å². The van der Waals surface area contributed by atoms with E-state index in [2.05, 4.69) is 21.2 Å². The summed E-state index contributed by atoms with van der Waals surface area (Å²) >= 11 is 9.43. The summed E-state index contributed by atoms with van der Waals surface area (Å²) < 4.78 is 25.6. The van der Waals surface area contributed by atoms with E-state index in [1.165, 1.54) is 25.3 Å². The molecule has 5 rings (SSSR count). The first-order valence-corrected chi connectivity index (χ1v) is 13.5. The van der Waals surface area contributed by atoms with E-state index in [-0.39, 0.29) is 37.1 Å². The quantitative estimate of drug-likeness (QED) is 0.395. The van der Waals surface area contributed by atoms with Crippen LogP contribution in [0.5, 0.6) is 5.75 Å². The fraction of sp³-hybridized carbons (Fsp3) is 0.276. The molecule has 202 valence electrons. The molecule has 2 atom stereocenters. The monoisotopic (exact) mass is 614 g/mol. The Labute approximate surface area is 238 Å². The summed E-state index contributed by atoms with van der Waals surface area (Å²) in [7, 11) is 1.38. The van der Waals surface area contributed by atoms with Crippen molar-refractivity contribution in [1.82, 2.24) is 10.2 Å². The zero-order chi connectivity index (χ0) is 27.9. The van der Waals surface area contributed by atoms with Gasteiger partial charge in [0, 0.05) is 29.0 Å². The molecule has 2 unspecified atom stereocenters. The Kier molecular flexibility index (Phi) is 7.39. The Bertz CT molecular complexity index is 1460. The number of fused-ring (bicyclic) bond motifs is 1. The average molecular weight is 616 g/mol. The van der Waals surface area contributed by atoms with Crippen LogP contribution in [0, 0.1) is 5.82 Å². The minimum Gasteiger partial charge on any atom is -0.494 e. The lowest BCUT2D eigenvalue weighted by Gasteiger charge is -2.51. The first-order chi connectivity index (χ1) is 18.6. The zero-order valence-electron chi connectivity index (χ0n) is 21.2. The predicted octanol–water partition coefficient (Wildman–Crippen LogP) is 4.99. The normalized spacial score (nSPS) is 18.3.